The van der Waals surface area contributed by atoms with E-state index in [1.165, 1.54) is 0 Å². The van der Waals surface area contributed by atoms with Gasteiger partial charge in [-0.25, -0.2) is 0 Å². The zero-order valence-corrected chi connectivity index (χ0v) is 20.9. The first-order chi connectivity index (χ1) is 15.3. The van der Waals surface area contributed by atoms with Crippen molar-refractivity contribution in [3.05, 3.63) is 23.3 Å². The van der Waals surface area contributed by atoms with Crippen LogP contribution in [-0.2, 0) is 14.3 Å². The molecule has 0 aromatic carbocycles. The number of carbonyl (C=O) groups excluding carboxylic acids is 2. The lowest BCUT2D eigenvalue weighted by Crippen LogP contribution is -2.61. The zero-order valence-electron chi connectivity index (χ0n) is 20.1. The van der Waals surface area contributed by atoms with Crippen LogP contribution in [0.2, 0.25) is 0 Å². The van der Waals surface area contributed by atoms with Gasteiger partial charge in [-0.2, -0.15) is 11.8 Å². The van der Waals surface area contributed by atoms with Crippen molar-refractivity contribution in [1.82, 2.24) is 0 Å². The number of hydrogen-bond donors (Lipinski definition) is 4. The number of rotatable bonds is 6. The summed E-state index contributed by atoms with van der Waals surface area (Å²) in [5.41, 5.74) is 2.62. The Morgan fingerprint density at radius 2 is 2.00 bits per heavy atom. The Morgan fingerprint density at radius 1 is 1.33 bits per heavy atom. The molecule has 0 radical (unpaired) electrons. The quantitative estimate of drug-likeness (QED) is 0.334. The Morgan fingerprint density at radius 3 is 2.61 bits per heavy atom. The third-order valence-electron chi connectivity index (χ3n) is 9.09. The van der Waals surface area contributed by atoms with E-state index in [-0.39, 0.29) is 24.9 Å². The molecule has 0 spiro atoms. The van der Waals surface area contributed by atoms with Gasteiger partial charge in [-0.3, -0.25) is 9.59 Å². The highest BCUT2D eigenvalue weighted by molar-refractivity contribution is 7.98. The van der Waals surface area contributed by atoms with E-state index in [1.54, 1.807) is 24.8 Å². The lowest BCUT2D eigenvalue weighted by molar-refractivity contribution is -0.187. The summed E-state index contributed by atoms with van der Waals surface area (Å²) in [7, 11) is 0. The smallest absolute Gasteiger partial charge is 0.323 e. The fourth-order valence-electron chi connectivity index (χ4n) is 7.22. The Labute approximate surface area is 199 Å². The standard InChI is InChI=1S/C25H37NO6S/c1-13-8-18-23(30,20(13)28)11-15(12-27)9-16-19-22(3,4)24(19,10-14(2)25(16,18)31)32-21(29)17(26)6-7-33-5/h8-9,14,16-19,27,30-31H,6-7,10-12,26H2,1-5H3/t14-,16+,17+,18-,19-,23-,24+,25-/m1/s1. The van der Waals surface area contributed by atoms with E-state index in [0.29, 0.717) is 24.0 Å². The van der Waals surface area contributed by atoms with E-state index < -0.39 is 51.8 Å². The van der Waals surface area contributed by atoms with Crippen molar-refractivity contribution in [2.45, 2.75) is 69.8 Å². The maximum absolute atomic E-state index is 13.0. The zero-order chi connectivity index (χ0) is 24.6. The molecule has 8 heteroatoms. The number of thioether (sulfide) groups is 1. The molecule has 0 unspecified atom stereocenters. The number of carbonyl (C=O) groups is 2. The molecule has 2 saturated carbocycles. The normalized spacial score (nSPS) is 44.0. The van der Waals surface area contributed by atoms with Gasteiger partial charge < -0.3 is 25.8 Å². The molecule has 4 aliphatic carbocycles. The van der Waals surface area contributed by atoms with Crippen molar-refractivity contribution >= 4 is 23.5 Å². The minimum atomic E-state index is -1.79. The predicted molar refractivity (Wildman–Crippen MR) is 126 cm³/mol. The molecule has 5 N–H and O–H groups in total. The SMILES string of the molecule is CSCC[C@H](N)C(=O)O[C@@]12C[C@@H](C)[C@@]3(O)[C@@H](C=C(CO)C[C@]4(O)C(=O)C(C)=C[C@@H]34)[C@@H]1C2(C)C. The largest absolute Gasteiger partial charge is 0.457 e. The van der Waals surface area contributed by atoms with E-state index in [0.717, 1.165) is 5.75 Å². The number of ether oxygens (including phenoxy) is 1. The monoisotopic (exact) mass is 479 g/mol. The highest BCUT2D eigenvalue weighted by Crippen LogP contribution is 2.76. The van der Waals surface area contributed by atoms with Gasteiger partial charge in [-0.05, 0) is 48.8 Å². The highest BCUT2D eigenvalue weighted by Gasteiger charge is 2.83. The van der Waals surface area contributed by atoms with Crippen molar-refractivity contribution in [1.29, 1.82) is 0 Å². The van der Waals surface area contributed by atoms with Crippen LogP contribution in [-0.4, -0.2) is 68.5 Å². The second kappa shape index (κ2) is 7.92. The van der Waals surface area contributed by atoms with E-state index in [4.69, 9.17) is 10.5 Å². The van der Waals surface area contributed by atoms with E-state index in [9.17, 15) is 24.9 Å². The molecule has 4 rings (SSSR count). The number of nitrogens with two attached hydrogens (primary N) is 1. The molecule has 0 aromatic rings. The van der Waals surface area contributed by atoms with Crippen LogP contribution in [0, 0.1) is 29.1 Å². The summed E-state index contributed by atoms with van der Waals surface area (Å²) in [6.07, 6.45) is 6.41. The maximum atomic E-state index is 13.0. The molecule has 4 aliphatic rings. The Balaban J connectivity index is 1.75. The number of ketones is 1. The van der Waals surface area contributed by atoms with E-state index in [1.807, 2.05) is 33.1 Å². The summed E-state index contributed by atoms with van der Waals surface area (Å²) in [5.74, 6) is -1.97. The van der Waals surface area contributed by atoms with Crippen molar-refractivity contribution in [3.63, 3.8) is 0 Å². The minimum Gasteiger partial charge on any atom is -0.457 e. The highest BCUT2D eigenvalue weighted by atomic mass is 32.2. The van der Waals surface area contributed by atoms with Crippen molar-refractivity contribution < 1.29 is 29.6 Å². The Hall–Kier alpha value is -1.19. The lowest BCUT2D eigenvalue weighted by Gasteiger charge is -2.50. The summed E-state index contributed by atoms with van der Waals surface area (Å²) >= 11 is 1.62. The van der Waals surface area contributed by atoms with Gasteiger partial charge in [-0.1, -0.05) is 32.9 Å². The molecular weight excluding hydrogens is 442 g/mol. The topological polar surface area (TPSA) is 130 Å². The van der Waals surface area contributed by atoms with Gasteiger partial charge in [-0.15, -0.1) is 0 Å². The van der Waals surface area contributed by atoms with Crippen LogP contribution in [0.25, 0.3) is 0 Å². The molecule has 0 bridgehead atoms. The number of Topliss-reactive ketones (excluding diaryl/α,β-unsaturated/α-hetero) is 1. The molecule has 0 amide bonds. The number of esters is 1. The van der Waals surface area contributed by atoms with Gasteiger partial charge in [0, 0.05) is 29.6 Å². The van der Waals surface area contributed by atoms with Crippen molar-refractivity contribution in [3.8, 4) is 0 Å². The van der Waals surface area contributed by atoms with Gasteiger partial charge >= 0.3 is 5.97 Å². The summed E-state index contributed by atoms with van der Waals surface area (Å²) < 4.78 is 6.16. The average molecular weight is 480 g/mol. The third kappa shape index (κ3) is 3.24. The summed E-state index contributed by atoms with van der Waals surface area (Å²) in [4.78, 5) is 25.9. The third-order valence-corrected chi connectivity index (χ3v) is 9.74. The first-order valence-corrected chi connectivity index (χ1v) is 13.2. The number of fused-ring (bicyclic) bond motifs is 5. The average Bonchev–Trinajstić information content (AvgIpc) is 3.16. The summed E-state index contributed by atoms with van der Waals surface area (Å²) in [5, 5.41) is 33.9. The van der Waals surface area contributed by atoms with E-state index >= 15 is 0 Å². The number of aliphatic hydroxyl groups excluding tert-OH is 1. The van der Waals surface area contributed by atoms with Crippen LogP contribution in [0.15, 0.2) is 23.3 Å². The van der Waals surface area contributed by atoms with Gasteiger partial charge in [0.05, 0.1) is 12.2 Å². The van der Waals surface area contributed by atoms with Crippen molar-refractivity contribution in [2.75, 3.05) is 18.6 Å². The molecule has 2 fully saturated rings. The van der Waals surface area contributed by atoms with Crippen LogP contribution in [0.3, 0.4) is 0 Å². The summed E-state index contributed by atoms with van der Waals surface area (Å²) in [6, 6.07) is -0.708. The van der Waals surface area contributed by atoms with E-state index in [2.05, 4.69) is 0 Å². The first-order valence-electron chi connectivity index (χ1n) is 11.8. The fourth-order valence-corrected chi connectivity index (χ4v) is 7.71. The van der Waals surface area contributed by atoms with Crippen LogP contribution in [0.5, 0.6) is 0 Å². The molecular formula is C25H37NO6S. The summed E-state index contributed by atoms with van der Waals surface area (Å²) in [6.45, 7) is 7.29. The van der Waals surface area contributed by atoms with Crippen LogP contribution < -0.4 is 5.73 Å². The number of aliphatic hydroxyl groups is 3. The lowest BCUT2D eigenvalue weighted by atomic mass is 9.60. The van der Waals surface area contributed by atoms with Gasteiger partial charge in [0.2, 0.25) is 0 Å². The molecule has 184 valence electrons. The predicted octanol–water partition coefficient (Wildman–Crippen LogP) is 1.59. The van der Waals surface area contributed by atoms with Crippen LogP contribution in [0.1, 0.15) is 47.0 Å². The molecule has 7 nitrogen and oxygen atoms in total. The van der Waals surface area contributed by atoms with Crippen LogP contribution >= 0.6 is 11.8 Å². The second-order valence-electron chi connectivity index (χ2n) is 11.2. The van der Waals surface area contributed by atoms with Gasteiger partial charge in [0.15, 0.2) is 5.78 Å². The number of hydrogen-bond acceptors (Lipinski definition) is 8. The van der Waals surface area contributed by atoms with Crippen LogP contribution in [0.4, 0.5) is 0 Å². The van der Waals surface area contributed by atoms with Crippen molar-refractivity contribution in [2.24, 2.45) is 34.8 Å². The Kier molecular flexibility index (Phi) is 5.98. The molecule has 0 saturated heterocycles. The van der Waals surface area contributed by atoms with Gasteiger partial charge in [0.25, 0.3) is 0 Å². The first kappa shape index (κ1) is 24.9. The molecule has 0 aromatic heterocycles. The molecule has 33 heavy (non-hydrogen) atoms. The second-order valence-corrected chi connectivity index (χ2v) is 12.1. The Bertz CT molecular complexity index is 930. The molecule has 0 heterocycles. The van der Waals surface area contributed by atoms with Gasteiger partial charge in [0.1, 0.15) is 17.2 Å². The molecule has 8 atom stereocenters. The fraction of sp³-hybridized carbons (Fsp3) is 0.760. The minimum absolute atomic E-state index is 0.0220. The molecule has 0 aliphatic heterocycles. The maximum Gasteiger partial charge on any atom is 0.323 e.